The monoisotopic (exact) mass is 377 g/mol. The van der Waals surface area contributed by atoms with Gasteiger partial charge < -0.3 is 15.2 Å². The lowest BCUT2D eigenvalue weighted by atomic mass is 10.1. The number of hydrogen-bond donors (Lipinski definition) is 1. The third kappa shape index (κ3) is 5.30. The zero-order chi connectivity index (χ0) is 19.8. The van der Waals surface area contributed by atoms with Gasteiger partial charge in [-0.25, -0.2) is 0 Å². The number of aryl methyl sites for hydroxylation is 1. The van der Waals surface area contributed by atoms with Gasteiger partial charge in [-0.15, -0.1) is 0 Å². The minimum Gasteiger partial charge on any atom is -0.361 e. The van der Waals surface area contributed by atoms with E-state index >= 15 is 0 Å². The van der Waals surface area contributed by atoms with E-state index in [-0.39, 0.29) is 5.91 Å². The summed E-state index contributed by atoms with van der Waals surface area (Å²) in [5.41, 5.74) is 9.27. The second-order valence-corrected chi connectivity index (χ2v) is 6.98. The van der Waals surface area contributed by atoms with Gasteiger partial charge in [-0.2, -0.15) is 0 Å². The van der Waals surface area contributed by atoms with Crippen molar-refractivity contribution in [2.75, 3.05) is 13.6 Å². The highest BCUT2D eigenvalue weighted by Crippen LogP contribution is 2.19. The third-order valence-electron chi connectivity index (χ3n) is 4.83. The van der Waals surface area contributed by atoms with E-state index in [0.717, 1.165) is 54.8 Å². The van der Waals surface area contributed by atoms with E-state index in [1.54, 1.807) is 4.90 Å². The Balaban J connectivity index is 1.38. The first-order valence-electron chi connectivity index (χ1n) is 9.73. The van der Waals surface area contributed by atoms with Crippen molar-refractivity contribution in [3.63, 3.8) is 0 Å². The normalized spacial score (nSPS) is 10.8. The Morgan fingerprint density at radius 1 is 1.04 bits per heavy atom. The van der Waals surface area contributed by atoms with Gasteiger partial charge in [-0.3, -0.25) is 4.79 Å². The van der Waals surface area contributed by atoms with Gasteiger partial charge in [0.2, 0.25) is 0 Å². The van der Waals surface area contributed by atoms with Crippen LogP contribution < -0.4 is 5.73 Å². The van der Waals surface area contributed by atoms with Crippen molar-refractivity contribution in [3.8, 4) is 11.3 Å². The summed E-state index contributed by atoms with van der Waals surface area (Å²) in [7, 11) is 1.85. The number of carbonyl (C=O) groups excluding carboxylic acids is 1. The molecule has 0 aliphatic heterocycles. The Labute approximate surface area is 166 Å². The smallest absolute Gasteiger partial charge is 0.253 e. The van der Waals surface area contributed by atoms with Crippen LogP contribution in [-0.2, 0) is 13.0 Å². The summed E-state index contributed by atoms with van der Waals surface area (Å²) in [5.74, 6) is 0.953. The Bertz CT molecular complexity index is 872. The fraction of sp³-hybridized carbons (Fsp3) is 0.304. The van der Waals surface area contributed by atoms with Crippen molar-refractivity contribution < 1.29 is 9.32 Å². The molecular formula is C23H27N3O2. The van der Waals surface area contributed by atoms with E-state index in [2.05, 4.69) is 5.16 Å². The molecule has 3 rings (SSSR count). The highest BCUT2D eigenvalue weighted by Gasteiger charge is 2.11. The fourth-order valence-electron chi connectivity index (χ4n) is 3.11. The number of unbranched alkanes of at least 4 members (excludes halogenated alkanes) is 2. The van der Waals surface area contributed by atoms with Gasteiger partial charge in [0.1, 0.15) is 11.5 Å². The van der Waals surface area contributed by atoms with Crippen LogP contribution in [0, 0.1) is 0 Å². The first kappa shape index (κ1) is 19.8. The van der Waals surface area contributed by atoms with Crippen LogP contribution in [0.15, 0.2) is 65.2 Å². The summed E-state index contributed by atoms with van der Waals surface area (Å²) in [6.45, 7) is 1.23. The van der Waals surface area contributed by atoms with Crippen LogP contribution in [0.2, 0.25) is 0 Å². The molecule has 0 saturated carbocycles. The second kappa shape index (κ2) is 9.85. The molecule has 0 aliphatic carbocycles. The predicted molar refractivity (Wildman–Crippen MR) is 111 cm³/mol. The highest BCUT2D eigenvalue weighted by atomic mass is 16.5. The molecule has 0 spiro atoms. The molecule has 0 unspecified atom stereocenters. The molecule has 0 bridgehead atoms. The summed E-state index contributed by atoms with van der Waals surface area (Å²) in [6, 6.07) is 19.5. The van der Waals surface area contributed by atoms with Crippen LogP contribution in [0.5, 0.6) is 0 Å². The van der Waals surface area contributed by atoms with Crippen molar-refractivity contribution in [1.82, 2.24) is 10.1 Å². The standard InChI is InChI=1S/C23H27N3O2/c1-26(23(27)20-13-11-18(17-24)12-14-20)15-7-3-6-10-21-16-22(25-28-21)19-8-4-2-5-9-19/h2,4-5,8-9,11-14,16H,3,6-7,10,15,17,24H2,1H3. The van der Waals surface area contributed by atoms with Gasteiger partial charge in [0.05, 0.1) is 0 Å². The molecular weight excluding hydrogens is 350 g/mol. The second-order valence-electron chi connectivity index (χ2n) is 6.98. The molecule has 0 atom stereocenters. The number of aromatic nitrogens is 1. The topological polar surface area (TPSA) is 72.4 Å². The number of amides is 1. The average Bonchev–Trinajstić information content (AvgIpc) is 3.22. The summed E-state index contributed by atoms with van der Waals surface area (Å²) in [4.78, 5) is 14.2. The lowest BCUT2D eigenvalue weighted by molar-refractivity contribution is 0.0792. The molecule has 146 valence electrons. The minimum absolute atomic E-state index is 0.0475. The van der Waals surface area contributed by atoms with Crippen molar-refractivity contribution in [2.24, 2.45) is 5.73 Å². The van der Waals surface area contributed by atoms with Gasteiger partial charge in [-0.05, 0) is 30.5 Å². The van der Waals surface area contributed by atoms with Gasteiger partial charge >= 0.3 is 0 Å². The SMILES string of the molecule is CN(CCCCCc1cc(-c2ccccc2)no1)C(=O)c1ccc(CN)cc1. The van der Waals surface area contributed by atoms with E-state index < -0.39 is 0 Å². The number of hydrogen-bond acceptors (Lipinski definition) is 4. The van der Waals surface area contributed by atoms with Gasteiger partial charge in [-0.1, -0.05) is 54.0 Å². The fourth-order valence-corrected chi connectivity index (χ4v) is 3.11. The number of rotatable bonds is 9. The summed E-state index contributed by atoms with van der Waals surface area (Å²) >= 11 is 0. The molecule has 2 N–H and O–H groups in total. The van der Waals surface area contributed by atoms with Crippen LogP contribution in [0.25, 0.3) is 11.3 Å². The lowest BCUT2D eigenvalue weighted by Gasteiger charge is -2.17. The first-order valence-corrected chi connectivity index (χ1v) is 9.73. The molecule has 5 nitrogen and oxygen atoms in total. The van der Waals surface area contributed by atoms with Crippen LogP contribution in [0.3, 0.4) is 0 Å². The number of nitrogens with two attached hydrogens (primary N) is 1. The van der Waals surface area contributed by atoms with Crippen molar-refractivity contribution in [2.45, 2.75) is 32.2 Å². The molecule has 2 aromatic carbocycles. The molecule has 28 heavy (non-hydrogen) atoms. The highest BCUT2D eigenvalue weighted by molar-refractivity contribution is 5.94. The van der Waals surface area contributed by atoms with E-state index in [0.29, 0.717) is 12.1 Å². The molecule has 1 amide bonds. The van der Waals surface area contributed by atoms with E-state index in [1.165, 1.54) is 0 Å². The molecule has 0 saturated heterocycles. The van der Waals surface area contributed by atoms with Crippen LogP contribution >= 0.6 is 0 Å². The number of nitrogens with zero attached hydrogens (tertiary/aromatic N) is 2. The molecule has 3 aromatic rings. The van der Waals surface area contributed by atoms with E-state index in [4.69, 9.17) is 10.3 Å². The maximum atomic E-state index is 12.4. The zero-order valence-electron chi connectivity index (χ0n) is 16.3. The van der Waals surface area contributed by atoms with Crippen molar-refractivity contribution in [3.05, 3.63) is 77.6 Å². The summed E-state index contributed by atoms with van der Waals surface area (Å²) < 4.78 is 5.44. The Morgan fingerprint density at radius 2 is 1.79 bits per heavy atom. The molecule has 0 radical (unpaired) electrons. The Hall–Kier alpha value is -2.92. The predicted octanol–water partition coefficient (Wildman–Crippen LogP) is 4.29. The molecule has 1 aromatic heterocycles. The Morgan fingerprint density at radius 3 is 2.50 bits per heavy atom. The van der Waals surface area contributed by atoms with Crippen LogP contribution in [0.1, 0.15) is 40.9 Å². The summed E-state index contributed by atoms with van der Waals surface area (Å²) in [5, 5.41) is 4.15. The van der Waals surface area contributed by atoms with E-state index in [9.17, 15) is 4.79 Å². The number of benzene rings is 2. The average molecular weight is 377 g/mol. The first-order chi connectivity index (χ1) is 13.7. The molecule has 5 heteroatoms. The van der Waals surface area contributed by atoms with Gasteiger partial charge in [0.15, 0.2) is 0 Å². The molecule has 0 fully saturated rings. The molecule has 0 aliphatic rings. The van der Waals surface area contributed by atoms with Gasteiger partial charge in [0.25, 0.3) is 5.91 Å². The number of carbonyl (C=O) groups is 1. The summed E-state index contributed by atoms with van der Waals surface area (Å²) in [6.07, 6.45) is 3.86. The lowest BCUT2D eigenvalue weighted by Crippen LogP contribution is -2.27. The Kier molecular flexibility index (Phi) is 6.98. The largest absolute Gasteiger partial charge is 0.361 e. The zero-order valence-corrected chi connectivity index (χ0v) is 16.3. The maximum absolute atomic E-state index is 12.4. The quantitative estimate of drug-likeness (QED) is 0.565. The van der Waals surface area contributed by atoms with Crippen LogP contribution in [-0.4, -0.2) is 29.6 Å². The van der Waals surface area contributed by atoms with Gasteiger partial charge in [0, 0.05) is 43.8 Å². The minimum atomic E-state index is 0.0475. The van der Waals surface area contributed by atoms with E-state index in [1.807, 2.05) is 67.7 Å². The van der Waals surface area contributed by atoms with Crippen molar-refractivity contribution in [1.29, 1.82) is 0 Å². The third-order valence-corrected chi connectivity index (χ3v) is 4.83. The van der Waals surface area contributed by atoms with Crippen molar-refractivity contribution >= 4 is 5.91 Å². The van der Waals surface area contributed by atoms with Crippen LogP contribution in [0.4, 0.5) is 0 Å². The maximum Gasteiger partial charge on any atom is 0.253 e. The molecule has 1 heterocycles.